The van der Waals surface area contributed by atoms with Crippen molar-refractivity contribution in [2.24, 2.45) is 0 Å². The fraction of sp³-hybridized carbons (Fsp3) is 0.290. The summed E-state index contributed by atoms with van der Waals surface area (Å²) in [6.07, 6.45) is 0. The lowest BCUT2D eigenvalue weighted by Crippen LogP contribution is -3.12. The summed E-state index contributed by atoms with van der Waals surface area (Å²) in [4.78, 5) is 29.4. The van der Waals surface area contributed by atoms with Gasteiger partial charge in [-0.15, -0.1) is 0 Å². The van der Waals surface area contributed by atoms with E-state index in [9.17, 15) is 14.7 Å². The van der Waals surface area contributed by atoms with Gasteiger partial charge in [0.15, 0.2) is 0 Å². The predicted molar refractivity (Wildman–Crippen MR) is 149 cm³/mol. The van der Waals surface area contributed by atoms with Crippen LogP contribution in [0.3, 0.4) is 0 Å². The van der Waals surface area contributed by atoms with E-state index in [-0.39, 0.29) is 5.57 Å². The zero-order chi connectivity index (χ0) is 27.2. The fourth-order valence-corrected chi connectivity index (χ4v) is 5.27. The second kappa shape index (κ2) is 12.4. The standard InChI is InChI=1S/C31H33BrN2O4/c1-4-33(5-2)16-17-34-28(23-12-9-13-25(32)19-23)27(30(36)31(34)37)29(35)24-14-15-26(21(3)18-24)38-20-22-10-7-6-8-11-22/h6-15,18-19,28,35H,4-5,16-17,20H2,1-3H3. The van der Waals surface area contributed by atoms with E-state index in [1.54, 1.807) is 23.1 Å². The number of benzene rings is 3. The molecule has 0 aliphatic carbocycles. The number of likely N-dealkylation sites (N-methyl/N-ethyl adjacent to an activating group) is 1. The molecule has 6 nitrogen and oxygen atoms in total. The highest BCUT2D eigenvalue weighted by atomic mass is 79.9. The molecule has 1 N–H and O–H groups in total. The van der Waals surface area contributed by atoms with Gasteiger partial charge in [-0.25, -0.2) is 0 Å². The first-order valence-corrected chi connectivity index (χ1v) is 13.8. The molecule has 1 aliphatic rings. The molecule has 1 heterocycles. The summed E-state index contributed by atoms with van der Waals surface area (Å²) in [6.45, 7) is 9.40. The lowest BCUT2D eigenvalue weighted by Gasteiger charge is -2.28. The quantitative estimate of drug-likeness (QED) is 0.228. The fourth-order valence-electron chi connectivity index (χ4n) is 4.85. The first-order chi connectivity index (χ1) is 18.3. The Labute approximate surface area is 232 Å². The smallest absolute Gasteiger partial charge is 0.295 e. The Balaban J connectivity index is 1.69. The first-order valence-electron chi connectivity index (χ1n) is 13.0. The summed E-state index contributed by atoms with van der Waals surface area (Å²) < 4.78 is 6.78. The normalized spacial score (nSPS) is 16.9. The lowest BCUT2D eigenvalue weighted by atomic mass is 9.95. The molecule has 0 saturated carbocycles. The topological polar surface area (TPSA) is 74.1 Å². The van der Waals surface area contributed by atoms with Crippen LogP contribution in [0.5, 0.6) is 5.75 Å². The van der Waals surface area contributed by atoms with Gasteiger partial charge in [-0.3, -0.25) is 9.59 Å². The average molecular weight is 578 g/mol. The number of amides is 1. The molecule has 0 radical (unpaired) electrons. The van der Waals surface area contributed by atoms with Crippen molar-refractivity contribution in [3.8, 4) is 5.75 Å². The number of nitrogens with zero attached hydrogens (tertiary/aromatic N) is 1. The molecule has 38 heavy (non-hydrogen) atoms. The van der Waals surface area contributed by atoms with Gasteiger partial charge in [0.25, 0.3) is 5.91 Å². The molecule has 1 saturated heterocycles. The van der Waals surface area contributed by atoms with Gasteiger partial charge < -0.3 is 19.6 Å². The molecule has 1 aliphatic heterocycles. The van der Waals surface area contributed by atoms with Gasteiger partial charge in [-0.2, -0.15) is 0 Å². The number of ether oxygens (including phenoxy) is 1. The van der Waals surface area contributed by atoms with Crippen molar-refractivity contribution >= 4 is 33.4 Å². The Morgan fingerprint density at radius 3 is 2.39 bits per heavy atom. The summed E-state index contributed by atoms with van der Waals surface area (Å²) in [5, 5.41) is 13.8. The van der Waals surface area contributed by atoms with Gasteiger partial charge in [0.05, 0.1) is 32.2 Å². The van der Waals surface area contributed by atoms with E-state index >= 15 is 0 Å². The summed E-state index contributed by atoms with van der Waals surface area (Å²) >= 11 is 3.49. The molecule has 7 heteroatoms. The maximum atomic E-state index is 13.8. The van der Waals surface area contributed by atoms with Crippen molar-refractivity contribution in [3.05, 3.63) is 105 Å². The van der Waals surface area contributed by atoms with Crippen LogP contribution in [0.2, 0.25) is 0 Å². The van der Waals surface area contributed by atoms with Gasteiger partial charge >= 0.3 is 0 Å². The molecular formula is C31H33BrN2O4. The van der Waals surface area contributed by atoms with E-state index in [4.69, 9.17) is 4.74 Å². The molecule has 4 rings (SSSR count). The number of halogens is 1. The molecule has 0 aromatic heterocycles. The molecule has 0 spiro atoms. The number of aryl methyl sites for hydroxylation is 1. The highest BCUT2D eigenvalue weighted by Gasteiger charge is 2.44. The second-order valence-electron chi connectivity index (χ2n) is 9.49. The van der Waals surface area contributed by atoms with Crippen molar-refractivity contribution in [2.75, 3.05) is 26.2 Å². The van der Waals surface area contributed by atoms with Gasteiger partial charge in [0.2, 0.25) is 5.78 Å². The molecule has 1 atom stereocenters. The molecule has 1 amide bonds. The number of quaternary nitrogens is 1. The minimum Gasteiger partial charge on any atom is -0.872 e. The van der Waals surface area contributed by atoms with Crippen LogP contribution < -0.4 is 14.7 Å². The van der Waals surface area contributed by atoms with Crippen molar-refractivity contribution in [1.82, 2.24) is 4.90 Å². The molecule has 1 fully saturated rings. The SMILES string of the molecule is CC[NH+](CC)CCN1C(=O)C(=O)C(=C([O-])c2ccc(OCc3ccccc3)c(C)c2)C1c1cccc(Br)c1. The summed E-state index contributed by atoms with van der Waals surface area (Å²) in [7, 11) is 0. The number of ketones is 1. The Morgan fingerprint density at radius 2 is 1.74 bits per heavy atom. The van der Waals surface area contributed by atoms with Crippen LogP contribution >= 0.6 is 15.9 Å². The van der Waals surface area contributed by atoms with Crippen LogP contribution in [-0.2, 0) is 16.2 Å². The number of hydrogen-bond acceptors (Lipinski definition) is 4. The highest BCUT2D eigenvalue weighted by molar-refractivity contribution is 9.10. The summed E-state index contributed by atoms with van der Waals surface area (Å²) in [5.41, 5.74) is 2.92. The van der Waals surface area contributed by atoms with Crippen LogP contribution in [0.25, 0.3) is 5.76 Å². The van der Waals surface area contributed by atoms with E-state index in [1.165, 1.54) is 4.90 Å². The minimum absolute atomic E-state index is 0.000000798. The van der Waals surface area contributed by atoms with Gasteiger partial charge in [-0.1, -0.05) is 70.2 Å². The average Bonchev–Trinajstić information content (AvgIpc) is 3.18. The number of rotatable bonds is 10. The molecular weight excluding hydrogens is 544 g/mol. The van der Waals surface area contributed by atoms with Crippen molar-refractivity contribution in [3.63, 3.8) is 0 Å². The number of carbonyl (C=O) groups is 2. The first kappa shape index (κ1) is 27.6. The van der Waals surface area contributed by atoms with Crippen molar-refractivity contribution in [2.45, 2.75) is 33.4 Å². The van der Waals surface area contributed by atoms with Gasteiger partial charge in [-0.05, 0) is 67.3 Å². The predicted octanol–water partition coefficient (Wildman–Crippen LogP) is 3.49. The van der Waals surface area contributed by atoms with Crippen LogP contribution in [0, 0.1) is 6.92 Å². The Hall–Kier alpha value is -3.42. The van der Waals surface area contributed by atoms with Crippen molar-refractivity contribution < 1.29 is 24.3 Å². The van der Waals surface area contributed by atoms with E-state index in [0.29, 0.717) is 31.0 Å². The third-order valence-electron chi connectivity index (χ3n) is 7.07. The van der Waals surface area contributed by atoms with E-state index in [1.807, 2.05) is 61.5 Å². The molecule has 198 valence electrons. The maximum Gasteiger partial charge on any atom is 0.295 e. The van der Waals surface area contributed by atoms with E-state index in [0.717, 1.165) is 34.3 Å². The van der Waals surface area contributed by atoms with E-state index in [2.05, 4.69) is 29.8 Å². The van der Waals surface area contributed by atoms with Crippen LogP contribution in [0.15, 0.2) is 82.8 Å². The maximum absolute atomic E-state index is 13.8. The molecule has 1 unspecified atom stereocenters. The largest absolute Gasteiger partial charge is 0.872 e. The lowest BCUT2D eigenvalue weighted by molar-refractivity contribution is -0.895. The van der Waals surface area contributed by atoms with Crippen molar-refractivity contribution in [1.29, 1.82) is 0 Å². The number of carbonyl (C=O) groups excluding carboxylic acids is 2. The summed E-state index contributed by atoms with van der Waals surface area (Å²) in [6, 6.07) is 21.7. The minimum atomic E-state index is -0.732. The van der Waals surface area contributed by atoms with Gasteiger partial charge in [0.1, 0.15) is 12.4 Å². The van der Waals surface area contributed by atoms with Crippen LogP contribution in [0.4, 0.5) is 0 Å². The monoisotopic (exact) mass is 576 g/mol. The van der Waals surface area contributed by atoms with Gasteiger partial charge in [0, 0.05) is 10.0 Å². The number of hydrogen-bond donors (Lipinski definition) is 1. The third kappa shape index (κ3) is 6.00. The number of Topliss-reactive ketones (excluding diaryl/α,β-unsaturated/α-hetero) is 1. The van der Waals surface area contributed by atoms with Crippen LogP contribution in [-0.4, -0.2) is 42.8 Å². The van der Waals surface area contributed by atoms with E-state index < -0.39 is 23.5 Å². The number of nitrogens with one attached hydrogen (secondary N) is 1. The third-order valence-corrected chi connectivity index (χ3v) is 7.57. The Morgan fingerprint density at radius 1 is 1.00 bits per heavy atom. The zero-order valence-electron chi connectivity index (χ0n) is 22.0. The highest BCUT2D eigenvalue weighted by Crippen LogP contribution is 2.39. The molecule has 0 bridgehead atoms. The zero-order valence-corrected chi connectivity index (χ0v) is 23.6. The number of likely N-dealkylation sites (tertiary alicyclic amines) is 1. The Bertz CT molecular complexity index is 1330. The van der Waals surface area contributed by atoms with Crippen LogP contribution in [0.1, 0.15) is 42.1 Å². The molecule has 3 aromatic carbocycles. The second-order valence-corrected chi connectivity index (χ2v) is 10.4. The Kier molecular flexibility index (Phi) is 9.02. The summed E-state index contributed by atoms with van der Waals surface area (Å²) in [5.74, 6) is -1.11. The molecule has 3 aromatic rings.